The van der Waals surface area contributed by atoms with Crippen molar-refractivity contribution in [2.24, 2.45) is 0 Å². The molecule has 1 N–H and O–H groups in total. The second kappa shape index (κ2) is 4.24. The molecule has 2 nitrogen and oxygen atoms in total. The first-order chi connectivity index (χ1) is 8.02. The van der Waals surface area contributed by atoms with E-state index in [2.05, 4.69) is 17.1 Å². The highest BCUT2D eigenvalue weighted by atomic mass is 19.4. The zero-order valence-electron chi connectivity index (χ0n) is 8.88. The van der Waals surface area contributed by atoms with E-state index < -0.39 is 11.7 Å². The van der Waals surface area contributed by atoms with E-state index in [0.29, 0.717) is 17.7 Å². The van der Waals surface area contributed by atoms with Gasteiger partial charge in [0.1, 0.15) is 0 Å². The minimum Gasteiger partial charge on any atom is -0.285 e. The molecule has 1 radical (unpaired) electrons. The molecule has 0 aliphatic carbocycles. The second-order valence-electron chi connectivity index (χ2n) is 3.58. The van der Waals surface area contributed by atoms with Crippen LogP contribution in [0.3, 0.4) is 0 Å². The number of hydrogen-bond donors (Lipinski definition) is 1. The quantitative estimate of drug-likeness (QED) is 0.854. The molecule has 0 amide bonds. The van der Waals surface area contributed by atoms with Gasteiger partial charge in [0.15, 0.2) is 0 Å². The molecular weight excluding hydrogens is 229 g/mol. The number of H-pyrrole nitrogens is 1. The summed E-state index contributed by atoms with van der Waals surface area (Å²) in [6.07, 6.45) is -2.08. The number of rotatable bonds is 2. The molecule has 0 bridgehead atoms. The molecular formula is C12H10F3N2. The molecule has 5 heteroatoms. The summed E-state index contributed by atoms with van der Waals surface area (Å²) in [4.78, 5) is 0. The molecule has 1 heterocycles. The van der Waals surface area contributed by atoms with Gasteiger partial charge in [-0.2, -0.15) is 18.3 Å². The van der Waals surface area contributed by atoms with Crippen LogP contribution in [0.15, 0.2) is 30.5 Å². The standard InChI is InChI=1S/C12H10F3N2/c1-2-8-7-16-17-11(8)9-3-5-10(6-4-9)12(13,14)15/h3-7H,1-2H2,(H,16,17). The van der Waals surface area contributed by atoms with E-state index in [0.717, 1.165) is 17.7 Å². The Labute approximate surface area is 96.5 Å². The van der Waals surface area contributed by atoms with Crippen LogP contribution in [0.5, 0.6) is 0 Å². The molecule has 0 spiro atoms. The lowest BCUT2D eigenvalue weighted by molar-refractivity contribution is -0.137. The van der Waals surface area contributed by atoms with Crippen LogP contribution >= 0.6 is 0 Å². The van der Waals surface area contributed by atoms with Crippen molar-refractivity contribution >= 4 is 0 Å². The summed E-state index contributed by atoms with van der Waals surface area (Å²) in [6.45, 7) is 3.73. The van der Waals surface area contributed by atoms with Gasteiger partial charge in [-0.25, -0.2) is 0 Å². The molecule has 2 rings (SSSR count). The maximum absolute atomic E-state index is 12.4. The maximum Gasteiger partial charge on any atom is 0.416 e. The Morgan fingerprint density at radius 2 is 1.82 bits per heavy atom. The van der Waals surface area contributed by atoms with Gasteiger partial charge in [0.2, 0.25) is 0 Å². The zero-order valence-corrected chi connectivity index (χ0v) is 8.88. The molecule has 0 unspecified atom stereocenters. The predicted molar refractivity (Wildman–Crippen MR) is 58.1 cm³/mol. The Morgan fingerprint density at radius 3 is 2.35 bits per heavy atom. The Bertz CT molecular complexity index is 497. The SMILES string of the molecule is [CH2]Cc1c[nH]nc1-c1ccc(C(F)(F)F)cc1. The van der Waals surface area contributed by atoms with E-state index in [1.54, 1.807) is 6.20 Å². The molecule has 17 heavy (non-hydrogen) atoms. The van der Waals surface area contributed by atoms with Gasteiger partial charge in [-0.15, -0.1) is 0 Å². The minimum atomic E-state index is -4.31. The van der Waals surface area contributed by atoms with E-state index >= 15 is 0 Å². The van der Waals surface area contributed by atoms with Crippen molar-refractivity contribution in [3.63, 3.8) is 0 Å². The van der Waals surface area contributed by atoms with Crippen molar-refractivity contribution in [1.29, 1.82) is 0 Å². The largest absolute Gasteiger partial charge is 0.416 e. The topological polar surface area (TPSA) is 28.7 Å². The first kappa shape index (κ1) is 11.7. The Hall–Kier alpha value is -1.78. The summed E-state index contributed by atoms with van der Waals surface area (Å²) in [5.41, 5.74) is 1.52. The molecule has 0 aliphatic rings. The summed E-state index contributed by atoms with van der Waals surface area (Å²) < 4.78 is 37.1. The first-order valence-corrected chi connectivity index (χ1v) is 5.02. The predicted octanol–water partition coefficient (Wildman–Crippen LogP) is 3.47. The van der Waals surface area contributed by atoms with Gasteiger partial charge in [0, 0.05) is 11.8 Å². The third kappa shape index (κ3) is 2.33. The Balaban J connectivity index is 2.36. The first-order valence-electron chi connectivity index (χ1n) is 5.02. The van der Waals surface area contributed by atoms with Crippen LogP contribution in [-0.4, -0.2) is 10.2 Å². The highest BCUT2D eigenvalue weighted by Gasteiger charge is 2.30. The molecule has 0 saturated carbocycles. The highest BCUT2D eigenvalue weighted by Crippen LogP contribution is 2.31. The molecule has 0 saturated heterocycles. The molecule has 2 aromatic rings. The molecule has 1 aromatic carbocycles. The fourth-order valence-corrected chi connectivity index (χ4v) is 1.57. The van der Waals surface area contributed by atoms with Gasteiger partial charge < -0.3 is 0 Å². The monoisotopic (exact) mass is 239 g/mol. The third-order valence-electron chi connectivity index (χ3n) is 2.47. The highest BCUT2D eigenvalue weighted by molar-refractivity contribution is 5.63. The molecule has 0 atom stereocenters. The number of benzene rings is 1. The number of halogens is 3. The lowest BCUT2D eigenvalue weighted by atomic mass is 10.0. The smallest absolute Gasteiger partial charge is 0.285 e. The number of nitrogens with zero attached hydrogens (tertiary/aromatic N) is 1. The second-order valence-corrected chi connectivity index (χ2v) is 3.58. The number of hydrogen-bond acceptors (Lipinski definition) is 1. The molecule has 0 fully saturated rings. The van der Waals surface area contributed by atoms with Crippen molar-refractivity contribution in [2.45, 2.75) is 12.6 Å². The Morgan fingerprint density at radius 1 is 1.18 bits per heavy atom. The van der Waals surface area contributed by atoms with Crippen LogP contribution in [0.4, 0.5) is 13.2 Å². The van der Waals surface area contributed by atoms with E-state index in [1.807, 2.05) is 0 Å². The van der Waals surface area contributed by atoms with E-state index in [1.165, 1.54) is 12.1 Å². The van der Waals surface area contributed by atoms with Crippen LogP contribution in [0.25, 0.3) is 11.3 Å². The van der Waals surface area contributed by atoms with E-state index in [-0.39, 0.29) is 0 Å². The summed E-state index contributed by atoms with van der Waals surface area (Å²) in [5, 5.41) is 6.68. The number of alkyl halides is 3. The van der Waals surface area contributed by atoms with Gasteiger partial charge in [0.25, 0.3) is 0 Å². The van der Waals surface area contributed by atoms with Crippen molar-refractivity contribution in [3.8, 4) is 11.3 Å². The fraction of sp³-hybridized carbons (Fsp3) is 0.167. The average Bonchev–Trinajstić information content (AvgIpc) is 2.76. The van der Waals surface area contributed by atoms with E-state index in [9.17, 15) is 13.2 Å². The number of aromatic nitrogens is 2. The average molecular weight is 239 g/mol. The summed E-state index contributed by atoms with van der Waals surface area (Å²) in [7, 11) is 0. The van der Waals surface area contributed by atoms with Crippen molar-refractivity contribution < 1.29 is 13.2 Å². The lowest BCUT2D eigenvalue weighted by Gasteiger charge is -2.07. The molecule has 0 aliphatic heterocycles. The van der Waals surface area contributed by atoms with Gasteiger partial charge >= 0.3 is 6.18 Å². The van der Waals surface area contributed by atoms with Crippen molar-refractivity contribution in [3.05, 3.63) is 48.5 Å². The summed E-state index contributed by atoms with van der Waals surface area (Å²) in [6, 6.07) is 4.93. The Kier molecular flexibility index (Phi) is 2.92. The van der Waals surface area contributed by atoms with Crippen LogP contribution in [0.2, 0.25) is 0 Å². The lowest BCUT2D eigenvalue weighted by Crippen LogP contribution is -2.04. The van der Waals surface area contributed by atoms with Gasteiger partial charge in [-0.1, -0.05) is 12.1 Å². The van der Waals surface area contributed by atoms with Crippen LogP contribution < -0.4 is 0 Å². The van der Waals surface area contributed by atoms with Crippen LogP contribution in [0, 0.1) is 6.92 Å². The molecule has 1 aromatic heterocycles. The maximum atomic E-state index is 12.4. The number of nitrogens with one attached hydrogen (secondary N) is 1. The minimum absolute atomic E-state index is 0.535. The zero-order chi connectivity index (χ0) is 12.5. The van der Waals surface area contributed by atoms with Gasteiger partial charge in [-0.05, 0) is 31.0 Å². The van der Waals surface area contributed by atoms with E-state index in [4.69, 9.17) is 0 Å². The fourth-order valence-electron chi connectivity index (χ4n) is 1.57. The van der Waals surface area contributed by atoms with Crippen molar-refractivity contribution in [2.75, 3.05) is 0 Å². The van der Waals surface area contributed by atoms with Crippen molar-refractivity contribution in [1.82, 2.24) is 10.2 Å². The third-order valence-corrected chi connectivity index (χ3v) is 2.47. The normalized spacial score (nSPS) is 11.8. The van der Waals surface area contributed by atoms with Gasteiger partial charge in [0.05, 0.1) is 11.3 Å². The molecule has 89 valence electrons. The van der Waals surface area contributed by atoms with Crippen LogP contribution in [-0.2, 0) is 12.6 Å². The number of aromatic amines is 1. The summed E-state index contributed by atoms with van der Waals surface area (Å²) in [5.74, 6) is 0. The summed E-state index contributed by atoms with van der Waals surface area (Å²) >= 11 is 0. The van der Waals surface area contributed by atoms with Crippen LogP contribution in [0.1, 0.15) is 11.1 Å². The van der Waals surface area contributed by atoms with Gasteiger partial charge in [-0.3, -0.25) is 5.10 Å².